The van der Waals surface area contributed by atoms with Crippen molar-refractivity contribution in [2.24, 2.45) is 11.8 Å². The normalized spacial score (nSPS) is 22.9. The summed E-state index contributed by atoms with van der Waals surface area (Å²) < 4.78 is 18.5. The number of methoxy groups -OCH3 is 1. The van der Waals surface area contributed by atoms with E-state index in [1.807, 2.05) is 18.2 Å². The summed E-state index contributed by atoms with van der Waals surface area (Å²) in [7, 11) is 1.43. The zero-order chi connectivity index (χ0) is 22.7. The van der Waals surface area contributed by atoms with Crippen molar-refractivity contribution >= 4 is 27.5 Å². The summed E-state index contributed by atoms with van der Waals surface area (Å²) in [6.45, 7) is 2.13. The summed E-state index contributed by atoms with van der Waals surface area (Å²) in [6, 6.07) is 8.24. The molecular formula is C26H31BrFNO3. The molecule has 4 nitrogen and oxygen atoms in total. The molecule has 32 heavy (non-hydrogen) atoms. The Hall–Kier alpha value is -1.76. The maximum absolute atomic E-state index is 12.3. The zero-order valence-corrected chi connectivity index (χ0v) is 20.1. The number of aliphatic hydroxyl groups excluding tert-OH is 1. The number of hydrogen-bond donors (Lipinski definition) is 1. The fourth-order valence-corrected chi connectivity index (χ4v) is 5.84. The van der Waals surface area contributed by atoms with E-state index < -0.39 is 6.10 Å². The Balaban J connectivity index is 1.52. The van der Waals surface area contributed by atoms with Gasteiger partial charge in [-0.15, -0.1) is 0 Å². The molecule has 4 rings (SSSR count). The molecular weight excluding hydrogens is 473 g/mol. The molecule has 172 valence electrons. The quantitative estimate of drug-likeness (QED) is 0.509. The molecule has 6 heteroatoms. The van der Waals surface area contributed by atoms with E-state index in [0.29, 0.717) is 18.8 Å². The monoisotopic (exact) mass is 503 g/mol. The van der Waals surface area contributed by atoms with Crippen LogP contribution in [-0.4, -0.2) is 49.4 Å². The number of carbonyl (C=O) groups excluding carboxylic acids is 1. The molecule has 1 aliphatic heterocycles. The molecule has 1 heterocycles. The maximum Gasteiger partial charge on any atom is 0.333 e. The molecule has 2 aliphatic carbocycles. The van der Waals surface area contributed by atoms with Gasteiger partial charge in [0.1, 0.15) is 0 Å². The minimum Gasteiger partial charge on any atom is -0.466 e. The summed E-state index contributed by atoms with van der Waals surface area (Å²) >= 11 is 3.82. The van der Waals surface area contributed by atoms with E-state index in [4.69, 9.17) is 4.74 Å². The minimum atomic E-state index is -0.496. The number of nitrogens with zero attached hydrogens (tertiary/aromatic N) is 1. The fraction of sp³-hybridized carbons (Fsp3) is 0.500. The Bertz CT molecular complexity index is 931. The van der Waals surface area contributed by atoms with E-state index >= 15 is 0 Å². The lowest BCUT2D eigenvalue weighted by Crippen LogP contribution is -2.49. The van der Waals surface area contributed by atoms with Gasteiger partial charge in [0.05, 0.1) is 19.9 Å². The molecule has 1 N–H and O–H groups in total. The van der Waals surface area contributed by atoms with Crippen molar-refractivity contribution in [2.75, 3.05) is 33.4 Å². The van der Waals surface area contributed by atoms with Crippen LogP contribution in [-0.2, 0) is 9.53 Å². The van der Waals surface area contributed by atoms with E-state index in [1.54, 1.807) is 0 Å². The Labute approximate surface area is 198 Å². The number of fused-ring (bicyclic) bond motifs is 1. The van der Waals surface area contributed by atoms with Crippen LogP contribution in [0.3, 0.4) is 0 Å². The zero-order valence-electron chi connectivity index (χ0n) is 18.5. The molecule has 2 unspecified atom stereocenters. The number of rotatable bonds is 7. The second kappa shape index (κ2) is 10.4. The SMILES string of the molecule is COC(=O)C1=CC=C2C(c3ccc(C(O)C4CN(CCCF)C4)cc3)=C(Br)CCCC2C1. The molecule has 0 saturated carbocycles. The van der Waals surface area contributed by atoms with Gasteiger partial charge in [0.2, 0.25) is 0 Å². The van der Waals surface area contributed by atoms with Crippen molar-refractivity contribution < 1.29 is 19.0 Å². The largest absolute Gasteiger partial charge is 0.466 e. The molecule has 1 aromatic rings. The molecule has 0 spiro atoms. The van der Waals surface area contributed by atoms with Crippen molar-refractivity contribution in [1.82, 2.24) is 4.90 Å². The first-order valence-corrected chi connectivity index (χ1v) is 12.3. The first-order chi connectivity index (χ1) is 15.5. The number of alkyl halides is 1. The van der Waals surface area contributed by atoms with Crippen LogP contribution in [0.1, 0.15) is 49.3 Å². The first kappa shape index (κ1) is 23.4. The van der Waals surface area contributed by atoms with Crippen LogP contribution in [0.5, 0.6) is 0 Å². The molecule has 1 aromatic carbocycles. The second-order valence-electron chi connectivity index (χ2n) is 9.01. The number of hydrogen-bond acceptors (Lipinski definition) is 4. The predicted octanol–water partition coefficient (Wildman–Crippen LogP) is 5.35. The van der Waals surface area contributed by atoms with Crippen molar-refractivity contribution in [3.8, 4) is 0 Å². The van der Waals surface area contributed by atoms with Crippen LogP contribution in [0.15, 0.2) is 52.0 Å². The van der Waals surface area contributed by atoms with Gasteiger partial charge in [0.25, 0.3) is 0 Å². The van der Waals surface area contributed by atoms with Gasteiger partial charge in [-0.05, 0) is 60.3 Å². The number of halogens is 2. The highest BCUT2D eigenvalue weighted by Gasteiger charge is 2.33. The van der Waals surface area contributed by atoms with E-state index in [2.05, 4.69) is 39.0 Å². The van der Waals surface area contributed by atoms with Crippen LogP contribution < -0.4 is 0 Å². The Kier molecular flexibility index (Phi) is 7.64. The molecule has 3 aliphatic rings. The van der Waals surface area contributed by atoms with Gasteiger partial charge >= 0.3 is 5.97 Å². The van der Waals surface area contributed by atoms with Gasteiger partial charge < -0.3 is 14.7 Å². The molecule has 0 radical (unpaired) electrons. The number of likely N-dealkylation sites (tertiary alicyclic amines) is 1. The van der Waals surface area contributed by atoms with Crippen molar-refractivity contribution in [3.63, 3.8) is 0 Å². The fourth-order valence-electron chi connectivity index (χ4n) is 5.10. The van der Waals surface area contributed by atoms with Crippen molar-refractivity contribution in [1.29, 1.82) is 0 Å². The lowest BCUT2D eigenvalue weighted by molar-refractivity contribution is -0.136. The Morgan fingerprint density at radius 3 is 2.72 bits per heavy atom. The summed E-state index contributed by atoms with van der Waals surface area (Å²) in [5.41, 5.74) is 5.25. The van der Waals surface area contributed by atoms with Crippen molar-refractivity contribution in [2.45, 2.75) is 38.2 Å². The van der Waals surface area contributed by atoms with E-state index in [0.717, 1.165) is 55.6 Å². The number of allylic oxidation sites excluding steroid dienone is 5. The number of carbonyl (C=O) groups is 1. The Morgan fingerprint density at radius 1 is 1.28 bits per heavy atom. The lowest BCUT2D eigenvalue weighted by atomic mass is 9.80. The number of aliphatic hydroxyl groups is 1. The summed E-state index contributed by atoms with van der Waals surface area (Å²) in [5.74, 6) is 0.262. The van der Waals surface area contributed by atoms with Crippen LogP contribution >= 0.6 is 15.9 Å². The molecule has 0 aromatic heterocycles. The van der Waals surface area contributed by atoms with Crippen LogP contribution in [0, 0.1) is 11.8 Å². The van der Waals surface area contributed by atoms with E-state index in [9.17, 15) is 14.3 Å². The lowest BCUT2D eigenvalue weighted by Gasteiger charge is -2.41. The van der Waals surface area contributed by atoms with Gasteiger partial charge in [-0.3, -0.25) is 4.39 Å². The Morgan fingerprint density at radius 2 is 2.03 bits per heavy atom. The third-order valence-electron chi connectivity index (χ3n) is 6.91. The van der Waals surface area contributed by atoms with Gasteiger partial charge in [-0.2, -0.15) is 0 Å². The number of ether oxygens (including phenoxy) is 1. The van der Waals surface area contributed by atoms with Gasteiger partial charge in [-0.25, -0.2) is 4.79 Å². The first-order valence-electron chi connectivity index (χ1n) is 11.5. The third kappa shape index (κ3) is 4.92. The average molecular weight is 504 g/mol. The molecule has 1 saturated heterocycles. The molecule has 0 amide bonds. The van der Waals surface area contributed by atoms with Crippen LogP contribution in [0.2, 0.25) is 0 Å². The summed E-state index contributed by atoms with van der Waals surface area (Å²) in [6.07, 6.45) is 7.82. The highest BCUT2D eigenvalue weighted by atomic mass is 79.9. The highest BCUT2D eigenvalue weighted by molar-refractivity contribution is 9.11. The van der Waals surface area contributed by atoms with E-state index in [1.165, 1.54) is 22.7 Å². The molecule has 2 atom stereocenters. The predicted molar refractivity (Wildman–Crippen MR) is 128 cm³/mol. The van der Waals surface area contributed by atoms with E-state index in [-0.39, 0.29) is 18.6 Å². The number of benzene rings is 1. The summed E-state index contributed by atoms with van der Waals surface area (Å²) in [5, 5.41) is 10.8. The third-order valence-corrected chi connectivity index (χ3v) is 7.70. The number of esters is 1. The maximum atomic E-state index is 12.3. The molecule has 1 fully saturated rings. The van der Waals surface area contributed by atoms with Gasteiger partial charge in [-0.1, -0.05) is 52.3 Å². The van der Waals surface area contributed by atoms with Crippen LogP contribution in [0.25, 0.3) is 5.57 Å². The summed E-state index contributed by atoms with van der Waals surface area (Å²) in [4.78, 5) is 14.2. The topological polar surface area (TPSA) is 49.8 Å². The van der Waals surface area contributed by atoms with Crippen LogP contribution in [0.4, 0.5) is 4.39 Å². The highest BCUT2D eigenvalue weighted by Crippen LogP contribution is 2.45. The van der Waals surface area contributed by atoms with Gasteiger partial charge in [0.15, 0.2) is 0 Å². The van der Waals surface area contributed by atoms with Crippen molar-refractivity contribution in [3.05, 3.63) is 63.2 Å². The standard InChI is InChI=1S/C26H31BrFNO3/c1-32-26(31)20-10-11-22-19(14-20)4-2-5-23(27)24(22)17-6-8-18(9-7-17)25(30)21-15-29(16-21)13-3-12-28/h6-11,19,21,25,30H,2-5,12-16H2,1H3. The van der Waals surface area contributed by atoms with Gasteiger partial charge in [0, 0.05) is 35.6 Å². The smallest absolute Gasteiger partial charge is 0.333 e. The molecule has 0 bridgehead atoms. The minimum absolute atomic E-state index is 0.205. The average Bonchev–Trinajstić information content (AvgIpc) is 2.95. The second-order valence-corrected chi connectivity index (χ2v) is 9.96.